The van der Waals surface area contributed by atoms with Crippen LogP contribution in [-0.4, -0.2) is 0 Å². The zero-order valence-electron chi connectivity index (χ0n) is 27.5. The quantitative estimate of drug-likeness (QED) is 0.169. The van der Waals surface area contributed by atoms with Crippen molar-refractivity contribution in [2.45, 2.75) is 0 Å². The minimum absolute atomic E-state index is 1.22. The largest absolute Gasteiger partial charge is 0.0622 e. The SMILES string of the molecule is c1ccc(-c2ccc(-c3ccc4cc(-c5cccc(-c6ccc7c8ccccc8c8ccccc8c7c6)c5)ccc4c3)c3ccccc23)cc1. The topological polar surface area (TPSA) is 0 Å². The molecule has 0 aromatic heterocycles. The predicted molar refractivity (Wildman–Crippen MR) is 216 cm³/mol. The molecule has 0 N–H and O–H groups in total. The third-order valence-corrected chi connectivity index (χ3v) is 10.4. The van der Waals surface area contributed by atoms with Crippen LogP contribution in [0.4, 0.5) is 0 Å². The van der Waals surface area contributed by atoms with Crippen molar-refractivity contribution in [3.05, 3.63) is 194 Å². The van der Waals surface area contributed by atoms with Gasteiger partial charge in [-0.25, -0.2) is 0 Å². The molecule has 0 aliphatic carbocycles. The van der Waals surface area contributed by atoms with Crippen molar-refractivity contribution in [1.29, 1.82) is 0 Å². The molecule has 0 aliphatic heterocycles. The Kier molecular flexibility index (Phi) is 6.60. The van der Waals surface area contributed by atoms with Crippen molar-refractivity contribution in [3.8, 4) is 44.5 Å². The molecule has 0 heteroatoms. The summed E-state index contributed by atoms with van der Waals surface area (Å²) in [4.78, 5) is 0. The van der Waals surface area contributed by atoms with Crippen molar-refractivity contribution >= 4 is 53.9 Å². The van der Waals surface area contributed by atoms with Gasteiger partial charge in [-0.3, -0.25) is 0 Å². The molecular weight excluding hydrogens is 601 g/mol. The van der Waals surface area contributed by atoms with Gasteiger partial charge in [-0.1, -0.05) is 170 Å². The van der Waals surface area contributed by atoms with Gasteiger partial charge in [0.25, 0.3) is 0 Å². The van der Waals surface area contributed by atoms with Crippen LogP contribution in [0.15, 0.2) is 194 Å². The summed E-state index contributed by atoms with van der Waals surface area (Å²) in [7, 11) is 0. The third kappa shape index (κ3) is 4.69. The third-order valence-electron chi connectivity index (χ3n) is 10.4. The first-order chi connectivity index (χ1) is 24.8. The van der Waals surface area contributed by atoms with Gasteiger partial charge in [-0.05, 0) is 123 Å². The lowest BCUT2D eigenvalue weighted by Gasteiger charge is -2.13. The van der Waals surface area contributed by atoms with Crippen LogP contribution in [0, 0.1) is 0 Å². The van der Waals surface area contributed by atoms with E-state index in [1.54, 1.807) is 0 Å². The predicted octanol–water partition coefficient (Wildman–Crippen LogP) is 14.1. The van der Waals surface area contributed by atoms with Crippen LogP contribution < -0.4 is 0 Å². The maximum Gasteiger partial charge on any atom is -0.00928 e. The highest BCUT2D eigenvalue weighted by Gasteiger charge is 2.12. The Hall–Kier alpha value is -6.50. The van der Waals surface area contributed by atoms with Gasteiger partial charge in [0.2, 0.25) is 0 Å². The van der Waals surface area contributed by atoms with Gasteiger partial charge in [-0.15, -0.1) is 0 Å². The van der Waals surface area contributed by atoms with Gasteiger partial charge in [-0.2, -0.15) is 0 Å². The summed E-state index contributed by atoms with van der Waals surface area (Å²) in [6.07, 6.45) is 0. The Bertz CT molecular complexity index is 2880. The zero-order chi connectivity index (χ0) is 33.0. The van der Waals surface area contributed by atoms with Crippen LogP contribution >= 0.6 is 0 Å². The number of rotatable bonds is 4. The van der Waals surface area contributed by atoms with E-state index < -0.39 is 0 Å². The highest BCUT2D eigenvalue weighted by Crippen LogP contribution is 2.39. The smallest absolute Gasteiger partial charge is 0.00928 e. The highest BCUT2D eigenvalue weighted by atomic mass is 14.2. The molecule has 10 aromatic carbocycles. The number of hydrogen-bond acceptors (Lipinski definition) is 0. The summed E-state index contributed by atoms with van der Waals surface area (Å²) in [6, 6.07) is 71.2. The molecule has 232 valence electrons. The van der Waals surface area contributed by atoms with E-state index >= 15 is 0 Å². The lowest BCUT2D eigenvalue weighted by molar-refractivity contribution is 1.61. The summed E-state index contributed by atoms with van der Waals surface area (Å²) >= 11 is 0. The second-order valence-electron chi connectivity index (χ2n) is 13.3. The van der Waals surface area contributed by atoms with Gasteiger partial charge in [0.05, 0.1) is 0 Å². The van der Waals surface area contributed by atoms with Crippen molar-refractivity contribution in [3.63, 3.8) is 0 Å². The van der Waals surface area contributed by atoms with E-state index in [0.29, 0.717) is 0 Å². The molecule has 0 nitrogen and oxygen atoms in total. The molecule has 0 unspecified atom stereocenters. The Morgan fingerprint density at radius 2 is 0.580 bits per heavy atom. The fourth-order valence-corrected chi connectivity index (χ4v) is 7.98. The average Bonchev–Trinajstić information content (AvgIpc) is 3.20. The van der Waals surface area contributed by atoms with Crippen molar-refractivity contribution in [2.24, 2.45) is 0 Å². The Morgan fingerprint density at radius 1 is 0.180 bits per heavy atom. The zero-order valence-corrected chi connectivity index (χ0v) is 27.5. The van der Waals surface area contributed by atoms with Crippen LogP contribution in [0.2, 0.25) is 0 Å². The van der Waals surface area contributed by atoms with Gasteiger partial charge in [0, 0.05) is 0 Å². The molecule has 0 atom stereocenters. The van der Waals surface area contributed by atoms with Crippen LogP contribution in [0.25, 0.3) is 98.4 Å². The van der Waals surface area contributed by atoms with E-state index in [1.807, 2.05) is 0 Å². The molecule has 0 saturated heterocycles. The highest BCUT2D eigenvalue weighted by molar-refractivity contribution is 6.25. The van der Waals surface area contributed by atoms with Crippen molar-refractivity contribution in [1.82, 2.24) is 0 Å². The molecule has 0 bridgehead atoms. The standard InChI is InChI=1S/C50H32/c1-2-11-33(12-3-1)41-27-28-42(44-16-5-4-15-43(41)44)40-24-23-37-30-36(21-22-38(37)31-40)34-13-10-14-35(29-34)39-25-26-49-47-19-7-6-17-45(47)46-18-8-9-20-48(46)50(49)32-39/h1-32H. The van der Waals surface area contributed by atoms with Crippen LogP contribution in [-0.2, 0) is 0 Å². The first-order valence-electron chi connectivity index (χ1n) is 17.3. The van der Waals surface area contributed by atoms with Gasteiger partial charge >= 0.3 is 0 Å². The molecule has 50 heavy (non-hydrogen) atoms. The summed E-state index contributed by atoms with van der Waals surface area (Å²) in [5.74, 6) is 0. The molecule has 0 spiro atoms. The van der Waals surface area contributed by atoms with Crippen LogP contribution in [0.5, 0.6) is 0 Å². The summed E-state index contributed by atoms with van der Waals surface area (Å²) < 4.78 is 0. The minimum Gasteiger partial charge on any atom is -0.0622 e. The molecule has 10 aromatic rings. The number of hydrogen-bond donors (Lipinski definition) is 0. The van der Waals surface area contributed by atoms with Gasteiger partial charge in [0.1, 0.15) is 0 Å². The van der Waals surface area contributed by atoms with E-state index in [1.165, 1.54) is 98.4 Å². The second kappa shape index (κ2) is 11.6. The molecule has 0 fully saturated rings. The summed E-state index contributed by atoms with van der Waals surface area (Å²) in [6.45, 7) is 0. The Labute approximate surface area is 291 Å². The van der Waals surface area contributed by atoms with Crippen LogP contribution in [0.3, 0.4) is 0 Å². The normalized spacial score (nSPS) is 11.6. The lowest BCUT2D eigenvalue weighted by atomic mass is 9.90. The van der Waals surface area contributed by atoms with Crippen LogP contribution in [0.1, 0.15) is 0 Å². The molecular formula is C50H32. The van der Waals surface area contributed by atoms with Crippen molar-refractivity contribution in [2.75, 3.05) is 0 Å². The Balaban J connectivity index is 1.02. The van der Waals surface area contributed by atoms with E-state index in [0.717, 1.165) is 0 Å². The van der Waals surface area contributed by atoms with E-state index in [-0.39, 0.29) is 0 Å². The fourth-order valence-electron chi connectivity index (χ4n) is 7.98. The average molecular weight is 633 g/mol. The van der Waals surface area contributed by atoms with E-state index in [9.17, 15) is 0 Å². The Morgan fingerprint density at radius 3 is 1.20 bits per heavy atom. The van der Waals surface area contributed by atoms with E-state index in [4.69, 9.17) is 0 Å². The van der Waals surface area contributed by atoms with Gasteiger partial charge < -0.3 is 0 Å². The lowest BCUT2D eigenvalue weighted by Crippen LogP contribution is -1.87. The summed E-state index contributed by atoms with van der Waals surface area (Å²) in [5.41, 5.74) is 9.91. The second-order valence-corrected chi connectivity index (χ2v) is 13.3. The summed E-state index contributed by atoms with van der Waals surface area (Å²) in [5, 5.41) is 12.8. The minimum atomic E-state index is 1.22. The number of benzene rings is 10. The molecule has 0 amide bonds. The fraction of sp³-hybridized carbons (Fsp3) is 0. The van der Waals surface area contributed by atoms with E-state index in [2.05, 4.69) is 194 Å². The maximum atomic E-state index is 2.38. The first kappa shape index (κ1) is 28.5. The van der Waals surface area contributed by atoms with Gasteiger partial charge in [0.15, 0.2) is 0 Å². The molecule has 0 heterocycles. The molecule has 0 saturated carbocycles. The monoisotopic (exact) mass is 632 g/mol. The number of fused-ring (bicyclic) bond motifs is 8. The maximum absolute atomic E-state index is 2.38. The molecule has 0 radical (unpaired) electrons. The first-order valence-corrected chi connectivity index (χ1v) is 17.3. The molecule has 10 rings (SSSR count). The van der Waals surface area contributed by atoms with Crippen molar-refractivity contribution < 1.29 is 0 Å². The molecule has 0 aliphatic rings.